The summed E-state index contributed by atoms with van der Waals surface area (Å²) in [5, 5.41) is 5.81. The lowest BCUT2D eigenvalue weighted by Gasteiger charge is -2.11. The number of nitrogens with one attached hydrogen (secondary N) is 2. The van der Waals surface area contributed by atoms with Crippen molar-refractivity contribution in [2.75, 3.05) is 13.1 Å². The molecule has 3 aromatic carbocycles. The summed E-state index contributed by atoms with van der Waals surface area (Å²) >= 11 is 0. The van der Waals surface area contributed by atoms with Gasteiger partial charge in [-0.05, 0) is 55.0 Å². The van der Waals surface area contributed by atoms with Gasteiger partial charge in [0.1, 0.15) is 5.57 Å². The standard InChI is InChI=1S/C28H30N2O2/c1-21-13-14-25(22(2)19-21)20-26(27(31)29-17-15-23-9-5-3-6-10-23)28(32)30-18-16-24-11-7-4-8-12-24/h3-14,19-20H,15-18H2,1-2H3,(H,29,31)(H,30,32). The minimum atomic E-state index is -0.363. The van der Waals surface area contributed by atoms with E-state index >= 15 is 0 Å². The first-order valence-corrected chi connectivity index (χ1v) is 11.0. The van der Waals surface area contributed by atoms with Crippen molar-refractivity contribution in [3.05, 3.63) is 112 Å². The van der Waals surface area contributed by atoms with Gasteiger partial charge >= 0.3 is 0 Å². The first kappa shape index (κ1) is 23.0. The highest BCUT2D eigenvalue weighted by atomic mass is 16.2. The van der Waals surface area contributed by atoms with Crippen LogP contribution in [-0.2, 0) is 22.4 Å². The molecule has 0 aliphatic rings. The molecule has 0 bridgehead atoms. The largest absolute Gasteiger partial charge is 0.352 e. The van der Waals surface area contributed by atoms with Crippen molar-refractivity contribution in [2.24, 2.45) is 0 Å². The molecule has 0 fully saturated rings. The van der Waals surface area contributed by atoms with E-state index in [1.807, 2.05) is 92.7 Å². The molecule has 3 aromatic rings. The van der Waals surface area contributed by atoms with Crippen LogP contribution in [0.3, 0.4) is 0 Å². The number of carbonyl (C=O) groups is 2. The summed E-state index contributed by atoms with van der Waals surface area (Å²) < 4.78 is 0. The summed E-state index contributed by atoms with van der Waals surface area (Å²) in [5.41, 5.74) is 5.43. The van der Waals surface area contributed by atoms with Gasteiger partial charge in [0, 0.05) is 13.1 Å². The van der Waals surface area contributed by atoms with Crippen LogP contribution in [0.1, 0.15) is 27.8 Å². The number of hydrogen-bond acceptors (Lipinski definition) is 2. The fraction of sp³-hybridized carbons (Fsp3) is 0.214. The van der Waals surface area contributed by atoms with Crippen LogP contribution in [0.4, 0.5) is 0 Å². The minimum Gasteiger partial charge on any atom is -0.352 e. The molecule has 0 radical (unpaired) electrons. The van der Waals surface area contributed by atoms with E-state index < -0.39 is 0 Å². The van der Waals surface area contributed by atoms with E-state index in [0.29, 0.717) is 25.9 Å². The Morgan fingerprint density at radius 1 is 0.719 bits per heavy atom. The first-order chi connectivity index (χ1) is 15.5. The molecule has 4 heteroatoms. The van der Waals surface area contributed by atoms with Gasteiger partial charge in [0.15, 0.2) is 0 Å². The second-order valence-electron chi connectivity index (χ2n) is 7.90. The van der Waals surface area contributed by atoms with E-state index in [2.05, 4.69) is 10.6 Å². The average molecular weight is 427 g/mol. The highest BCUT2D eigenvalue weighted by molar-refractivity contribution is 6.21. The van der Waals surface area contributed by atoms with Crippen LogP contribution in [0.15, 0.2) is 84.4 Å². The van der Waals surface area contributed by atoms with E-state index in [4.69, 9.17) is 0 Å². The molecule has 0 unspecified atom stereocenters. The van der Waals surface area contributed by atoms with Crippen LogP contribution in [0, 0.1) is 13.8 Å². The van der Waals surface area contributed by atoms with Crippen molar-refractivity contribution < 1.29 is 9.59 Å². The zero-order valence-corrected chi connectivity index (χ0v) is 18.7. The molecule has 0 spiro atoms. The van der Waals surface area contributed by atoms with Crippen LogP contribution in [-0.4, -0.2) is 24.9 Å². The van der Waals surface area contributed by atoms with E-state index in [9.17, 15) is 9.59 Å². The number of amides is 2. The molecule has 3 rings (SSSR count). The topological polar surface area (TPSA) is 58.2 Å². The molecule has 4 nitrogen and oxygen atoms in total. The Kier molecular flexibility index (Phi) is 8.38. The zero-order chi connectivity index (χ0) is 22.8. The lowest BCUT2D eigenvalue weighted by Crippen LogP contribution is -2.36. The first-order valence-electron chi connectivity index (χ1n) is 11.0. The molecule has 32 heavy (non-hydrogen) atoms. The zero-order valence-electron chi connectivity index (χ0n) is 18.7. The monoisotopic (exact) mass is 426 g/mol. The van der Waals surface area contributed by atoms with Crippen LogP contribution in [0.25, 0.3) is 6.08 Å². The molecule has 0 saturated carbocycles. The second kappa shape index (κ2) is 11.7. The summed E-state index contributed by atoms with van der Waals surface area (Å²) in [6.45, 7) is 4.93. The Morgan fingerprint density at radius 3 is 1.69 bits per heavy atom. The van der Waals surface area contributed by atoms with Crippen molar-refractivity contribution in [1.82, 2.24) is 10.6 Å². The van der Waals surface area contributed by atoms with Crippen LogP contribution < -0.4 is 10.6 Å². The fourth-order valence-corrected chi connectivity index (χ4v) is 3.50. The third kappa shape index (κ3) is 6.95. The quantitative estimate of drug-likeness (QED) is 0.303. The molecule has 0 aromatic heterocycles. The number of rotatable bonds is 9. The summed E-state index contributed by atoms with van der Waals surface area (Å²) in [6.07, 6.45) is 3.10. The lowest BCUT2D eigenvalue weighted by atomic mass is 10.0. The Labute approximate surface area is 190 Å². The molecule has 2 amide bonds. The van der Waals surface area contributed by atoms with Gasteiger partial charge in [-0.2, -0.15) is 0 Å². The predicted octanol–water partition coefficient (Wildman–Crippen LogP) is 4.40. The summed E-state index contributed by atoms with van der Waals surface area (Å²) in [6, 6.07) is 25.9. The molecule has 2 N–H and O–H groups in total. The Morgan fingerprint density at radius 2 is 1.22 bits per heavy atom. The van der Waals surface area contributed by atoms with Gasteiger partial charge in [0.05, 0.1) is 0 Å². The molecular formula is C28H30N2O2. The van der Waals surface area contributed by atoms with Gasteiger partial charge in [-0.15, -0.1) is 0 Å². The predicted molar refractivity (Wildman–Crippen MR) is 130 cm³/mol. The van der Waals surface area contributed by atoms with Gasteiger partial charge < -0.3 is 10.6 Å². The number of hydrogen-bond donors (Lipinski definition) is 2. The van der Waals surface area contributed by atoms with Gasteiger partial charge in [0.2, 0.25) is 0 Å². The Bertz CT molecular complexity index is 1010. The van der Waals surface area contributed by atoms with E-state index in [1.165, 1.54) is 0 Å². The summed E-state index contributed by atoms with van der Waals surface area (Å²) in [5.74, 6) is -0.726. The molecule has 0 saturated heterocycles. The lowest BCUT2D eigenvalue weighted by molar-refractivity contribution is -0.123. The SMILES string of the molecule is Cc1ccc(C=C(C(=O)NCCc2ccccc2)C(=O)NCCc2ccccc2)c(C)c1. The molecule has 0 aliphatic carbocycles. The van der Waals surface area contributed by atoms with Crippen LogP contribution >= 0.6 is 0 Å². The second-order valence-corrected chi connectivity index (χ2v) is 7.90. The van der Waals surface area contributed by atoms with Gasteiger partial charge in [-0.1, -0.05) is 84.4 Å². The normalized spacial score (nSPS) is 10.3. The van der Waals surface area contributed by atoms with Gasteiger partial charge in [-0.25, -0.2) is 0 Å². The van der Waals surface area contributed by atoms with Crippen molar-refractivity contribution in [1.29, 1.82) is 0 Å². The van der Waals surface area contributed by atoms with Crippen molar-refractivity contribution in [3.8, 4) is 0 Å². The minimum absolute atomic E-state index is 0.123. The maximum absolute atomic E-state index is 13.0. The third-order valence-electron chi connectivity index (χ3n) is 5.30. The van der Waals surface area contributed by atoms with E-state index in [1.54, 1.807) is 6.08 Å². The average Bonchev–Trinajstić information content (AvgIpc) is 2.80. The van der Waals surface area contributed by atoms with Crippen molar-refractivity contribution in [2.45, 2.75) is 26.7 Å². The molecule has 164 valence electrons. The number of benzene rings is 3. The van der Waals surface area contributed by atoms with Gasteiger partial charge in [0.25, 0.3) is 11.8 Å². The smallest absolute Gasteiger partial charge is 0.256 e. The summed E-state index contributed by atoms with van der Waals surface area (Å²) in [4.78, 5) is 25.9. The Balaban J connectivity index is 1.70. The Hall–Kier alpha value is -3.66. The third-order valence-corrected chi connectivity index (χ3v) is 5.30. The van der Waals surface area contributed by atoms with Crippen molar-refractivity contribution in [3.63, 3.8) is 0 Å². The van der Waals surface area contributed by atoms with Gasteiger partial charge in [-0.3, -0.25) is 9.59 Å². The number of aryl methyl sites for hydroxylation is 2. The molecule has 0 heterocycles. The van der Waals surface area contributed by atoms with E-state index in [-0.39, 0.29) is 17.4 Å². The highest BCUT2D eigenvalue weighted by Crippen LogP contribution is 2.15. The van der Waals surface area contributed by atoms with E-state index in [0.717, 1.165) is 27.8 Å². The molecular weight excluding hydrogens is 396 g/mol. The molecule has 0 atom stereocenters. The highest BCUT2D eigenvalue weighted by Gasteiger charge is 2.18. The molecule has 0 aliphatic heterocycles. The van der Waals surface area contributed by atoms with Crippen molar-refractivity contribution >= 4 is 17.9 Å². The summed E-state index contributed by atoms with van der Waals surface area (Å²) in [7, 11) is 0. The maximum atomic E-state index is 13.0. The van der Waals surface area contributed by atoms with Crippen LogP contribution in [0.5, 0.6) is 0 Å². The fourth-order valence-electron chi connectivity index (χ4n) is 3.50. The maximum Gasteiger partial charge on any atom is 0.256 e. The van der Waals surface area contributed by atoms with Crippen LogP contribution in [0.2, 0.25) is 0 Å². The number of carbonyl (C=O) groups excluding carboxylic acids is 2.